The fourth-order valence-electron chi connectivity index (χ4n) is 1.04. The third-order valence-electron chi connectivity index (χ3n) is 1.76. The van der Waals surface area contributed by atoms with Crippen molar-refractivity contribution in [3.05, 3.63) is 22.4 Å². The van der Waals surface area contributed by atoms with Gasteiger partial charge >= 0.3 is 5.97 Å². The highest BCUT2D eigenvalue weighted by atomic mass is 32.1. The highest BCUT2D eigenvalue weighted by Crippen LogP contribution is 2.19. The minimum absolute atomic E-state index is 0.154. The van der Waals surface area contributed by atoms with Crippen LogP contribution in [0.2, 0.25) is 0 Å². The van der Waals surface area contributed by atoms with Gasteiger partial charge in [0.15, 0.2) is 6.04 Å². The molecule has 15 heavy (non-hydrogen) atoms. The van der Waals surface area contributed by atoms with Crippen molar-refractivity contribution in [3.8, 4) is 0 Å². The van der Waals surface area contributed by atoms with Crippen molar-refractivity contribution in [1.29, 1.82) is 0 Å². The molecule has 0 spiro atoms. The Balaban J connectivity index is 2.79. The van der Waals surface area contributed by atoms with Crippen LogP contribution in [0.3, 0.4) is 0 Å². The van der Waals surface area contributed by atoms with Crippen molar-refractivity contribution in [2.75, 3.05) is 13.7 Å². The average Bonchev–Trinajstić information content (AvgIpc) is 2.77. The quantitative estimate of drug-likeness (QED) is 0.713. The molecule has 0 saturated carbocycles. The van der Waals surface area contributed by atoms with Crippen LogP contribution in [0.5, 0.6) is 0 Å². The summed E-state index contributed by atoms with van der Waals surface area (Å²) in [5.41, 5.74) is 5.15. The van der Waals surface area contributed by atoms with E-state index in [1.807, 2.05) is 5.38 Å². The monoisotopic (exact) mass is 228 g/mol. The summed E-state index contributed by atoms with van der Waals surface area (Å²) in [4.78, 5) is 23.2. The molecule has 1 rings (SSSR count). The molecule has 1 aromatic rings. The second kappa shape index (κ2) is 5.47. The summed E-state index contributed by atoms with van der Waals surface area (Å²) in [7, 11) is 1.28. The molecular weight excluding hydrogens is 216 g/mol. The molecule has 1 aromatic heterocycles. The standard InChI is InChI=1S/C9H12N2O3S/c1-14-9(13)8(11-7(12)5-10)6-3-2-4-15-6/h2-4,8H,5,10H2,1H3,(H,11,12). The van der Waals surface area contributed by atoms with Crippen LogP contribution in [-0.4, -0.2) is 25.5 Å². The van der Waals surface area contributed by atoms with Crippen LogP contribution in [0.15, 0.2) is 17.5 Å². The van der Waals surface area contributed by atoms with Gasteiger partial charge in [0, 0.05) is 4.88 Å². The number of ether oxygens (including phenoxy) is 1. The van der Waals surface area contributed by atoms with E-state index in [1.54, 1.807) is 12.1 Å². The molecule has 5 nitrogen and oxygen atoms in total. The molecule has 0 radical (unpaired) electrons. The number of carbonyl (C=O) groups is 2. The number of hydrogen-bond donors (Lipinski definition) is 2. The second-order valence-corrected chi connectivity index (χ2v) is 3.72. The molecule has 1 atom stereocenters. The summed E-state index contributed by atoms with van der Waals surface area (Å²) in [6.07, 6.45) is 0. The van der Waals surface area contributed by atoms with Crippen molar-refractivity contribution in [3.63, 3.8) is 0 Å². The summed E-state index contributed by atoms with van der Waals surface area (Å²) in [6, 6.07) is 2.79. The van der Waals surface area contributed by atoms with Gasteiger partial charge in [-0.2, -0.15) is 0 Å². The topological polar surface area (TPSA) is 81.4 Å². The Morgan fingerprint density at radius 1 is 1.67 bits per heavy atom. The van der Waals surface area contributed by atoms with Gasteiger partial charge < -0.3 is 15.8 Å². The van der Waals surface area contributed by atoms with Crippen LogP contribution < -0.4 is 11.1 Å². The van der Waals surface area contributed by atoms with E-state index in [2.05, 4.69) is 10.1 Å². The number of thiophene rings is 1. The number of nitrogens with two attached hydrogens (primary N) is 1. The van der Waals surface area contributed by atoms with Gasteiger partial charge in [-0.15, -0.1) is 11.3 Å². The summed E-state index contributed by atoms with van der Waals surface area (Å²) < 4.78 is 4.59. The zero-order valence-electron chi connectivity index (χ0n) is 8.23. The molecule has 1 amide bonds. The number of esters is 1. The second-order valence-electron chi connectivity index (χ2n) is 2.74. The van der Waals surface area contributed by atoms with Gasteiger partial charge in [0.05, 0.1) is 13.7 Å². The first kappa shape index (κ1) is 11.7. The molecule has 0 fully saturated rings. The highest BCUT2D eigenvalue weighted by Gasteiger charge is 2.23. The molecule has 6 heteroatoms. The summed E-state index contributed by atoms with van der Waals surface area (Å²) in [5.74, 6) is -0.891. The van der Waals surface area contributed by atoms with E-state index in [4.69, 9.17) is 5.73 Å². The molecule has 0 aliphatic rings. The number of amides is 1. The van der Waals surface area contributed by atoms with Crippen molar-refractivity contribution in [2.24, 2.45) is 5.73 Å². The first-order valence-electron chi connectivity index (χ1n) is 4.29. The molecular formula is C9H12N2O3S. The molecule has 1 unspecified atom stereocenters. The summed E-state index contributed by atoms with van der Waals surface area (Å²) >= 11 is 1.37. The first-order valence-corrected chi connectivity index (χ1v) is 5.17. The number of methoxy groups -OCH3 is 1. The molecule has 0 saturated heterocycles. The zero-order valence-corrected chi connectivity index (χ0v) is 9.04. The van der Waals surface area contributed by atoms with Gasteiger partial charge in [0.25, 0.3) is 0 Å². The first-order chi connectivity index (χ1) is 7.19. The zero-order chi connectivity index (χ0) is 11.3. The Morgan fingerprint density at radius 2 is 2.40 bits per heavy atom. The maximum atomic E-state index is 11.4. The Kier molecular flexibility index (Phi) is 4.26. The SMILES string of the molecule is COC(=O)C(NC(=O)CN)c1cccs1. The van der Waals surface area contributed by atoms with Crippen molar-refractivity contribution in [1.82, 2.24) is 5.32 Å². The maximum Gasteiger partial charge on any atom is 0.333 e. The third-order valence-corrected chi connectivity index (χ3v) is 2.69. The van der Waals surface area contributed by atoms with Gasteiger partial charge in [-0.05, 0) is 11.4 Å². The van der Waals surface area contributed by atoms with Crippen LogP contribution in [0, 0.1) is 0 Å². The van der Waals surface area contributed by atoms with E-state index in [0.717, 1.165) is 4.88 Å². The van der Waals surface area contributed by atoms with Gasteiger partial charge in [-0.3, -0.25) is 4.79 Å². The smallest absolute Gasteiger partial charge is 0.333 e. The van der Waals surface area contributed by atoms with E-state index in [1.165, 1.54) is 18.4 Å². The van der Waals surface area contributed by atoms with Crippen molar-refractivity contribution >= 4 is 23.2 Å². The maximum absolute atomic E-state index is 11.4. The Hall–Kier alpha value is -1.40. The van der Waals surface area contributed by atoms with Gasteiger partial charge in [-0.1, -0.05) is 6.07 Å². The molecule has 0 aliphatic carbocycles. The molecule has 3 N–H and O–H groups in total. The van der Waals surface area contributed by atoms with Crippen LogP contribution in [-0.2, 0) is 14.3 Å². The van der Waals surface area contributed by atoms with E-state index in [9.17, 15) is 9.59 Å². The minimum Gasteiger partial charge on any atom is -0.467 e. The van der Waals surface area contributed by atoms with E-state index in [-0.39, 0.29) is 12.5 Å². The Labute approximate surface area is 91.2 Å². The average molecular weight is 228 g/mol. The number of carbonyl (C=O) groups excluding carboxylic acids is 2. The molecule has 1 heterocycles. The van der Waals surface area contributed by atoms with E-state index < -0.39 is 12.0 Å². The Bertz CT molecular complexity index is 337. The fraction of sp³-hybridized carbons (Fsp3) is 0.333. The molecule has 0 bridgehead atoms. The molecule has 0 aliphatic heterocycles. The van der Waals surface area contributed by atoms with Crippen LogP contribution in [0.25, 0.3) is 0 Å². The number of hydrogen-bond acceptors (Lipinski definition) is 5. The lowest BCUT2D eigenvalue weighted by atomic mass is 10.2. The number of rotatable bonds is 4. The van der Waals surface area contributed by atoms with Gasteiger partial charge in [0.2, 0.25) is 5.91 Å². The minimum atomic E-state index is -0.758. The van der Waals surface area contributed by atoms with Crippen molar-refractivity contribution < 1.29 is 14.3 Å². The van der Waals surface area contributed by atoms with Crippen LogP contribution >= 0.6 is 11.3 Å². The fourth-order valence-corrected chi connectivity index (χ4v) is 1.80. The normalized spacial score (nSPS) is 11.9. The van der Waals surface area contributed by atoms with Crippen LogP contribution in [0.4, 0.5) is 0 Å². The lowest BCUT2D eigenvalue weighted by Crippen LogP contribution is -2.37. The molecule has 0 aromatic carbocycles. The lowest BCUT2D eigenvalue weighted by Gasteiger charge is -2.14. The largest absolute Gasteiger partial charge is 0.467 e. The third kappa shape index (κ3) is 3.03. The summed E-state index contributed by atoms with van der Waals surface area (Å²) in [5, 5.41) is 4.31. The predicted molar refractivity (Wildman–Crippen MR) is 56.3 cm³/mol. The summed E-state index contributed by atoms with van der Waals surface area (Å²) in [6.45, 7) is -0.154. The number of nitrogens with one attached hydrogen (secondary N) is 1. The van der Waals surface area contributed by atoms with E-state index in [0.29, 0.717) is 0 Å². The van der Waals surface area contributed by atoms with Crippen LogP contribution in [0.1, 0.15) is 10.9 Å². The van der Waals surface area contributed by atoms with Gasteiger partial charge in [0.1, 0.15) is 0 Å². The van der Waals surface area contributed by atoms with E-state index >= 15 is 0 Å². The van der Waals surface area contributed by atoms with Gasteiger partial charge in [-0.25, -0.2) is 4.79 Å². The Morgan fingerprint density at radius 3 is 2.87 bits per heavy atom. The molecule has 82 valence electrons. The van der Waals surface area contributed by atoms with Crippen molar-refractivity contribution in [2.45, 2.75) is 6.04 Å². The highest BCUT2D eigenvalue weighted by molar-refractivity contribution is 7.10. The predicted octanol–water partition coefficient (Wildman–Crippen LogP) is 0.0371. The lowest BCUT2D eigenvalue weighted by molar-refractivity contribution is -0.145.